The molecule has 0 radical (unpaired) electrons. The number of benzene rings is 2. The molecule has 3 rings (SSSR count). The van der Waals surface area contributed by atoms with Crippen molar-refractivity contribution in [3.63, 3.8) is 0 Å². The molecule has 0 aliphatic rings. The number of aromatic amines is 2. The topological polar surface area (TPSA) is 65.7 Å². The maximum atomic E-state index is 12.1. The monoisotopic (exact) mass is 342 g/mol. The van der Waals surface area contributed by atoms with E-state index in [1.165, 1.54) is 6.08 Å². The van der Waals surface area contributed by atoms with Gasteiger partial charge >= 0.3 is 5.69 Å². The number of halogens is 1. The fraction of sp³-hybridized carbons (Fsp3) is 0. The highest BCUT2D eigenvalue weighted by Crippen LogP contribution is 2.14. The zero-order valence-electron chi connectivity index (χ0n) is 10.9. The summed E-state index contributed by atoms with van der Waals surface area (Å²) in [5.74, 6) is -0.109. The highest BCUT2D eigenvalue weighted by atomic mass is 79.9. The molecular formula is C16H11BrN2O2. The van der Waals surface area contributed by atoms with Crippen LogP contribution in [0.5, 0.6) is 0 Å². The normalized spacial score (nSPS) is 11.3. The van der Waals surface area contributed by atoms with Crippen molar-refractivity contribution in [1.82, 2.24) is 9.97 Å². The molecule has 1 heterocycles. The van der Waals surface area contributed by atoms with Gasteiger partial charge in [-0.3, -0.25) is 4.79 Å². The number of imidazole rings is 1. The molecule has 0 spiro atoms. The lowest BCUT2D eigenvalue weighted by atomic mass is 10.1. The van der Waals surface area contributed by atoms with Gasteiger partial charge in [-0.05, 0) is 42.0 Å². The highest BCUT2D eigenvalue weighted by Gasteiger charge is 2.05. The van der Waals surface area contributed by atoms with Crippen molar-refractivity contribution in [2.75, 3.05) is 0 Å². The van der Waals surface area contributed by atoms with Gasteiger partial charge in [-0.25, -0.2) is 4.79 Å². The van der Waals surface area contributed by atoms with Crippen LogP contribution in [0.15, 0.2) is 57.8 Å². The molecule has 0 aliphatic heterocycles. The lowest BCUT2D eigenvalue weighted by Crippen LogP contribution is -1.99. The molecule has 0 saturated heterocycles. The van der Waals surface area contributed by atoms with E-state index in [2.05, 4.69) is 25.9 Å². The lowest BCUT2D eigenvalue weighted by molar-refractivity contribution is 0.104. The first kappa shape index (κ1) is 13.6. The zero-order chi connectivity index (χ0) is 14.8. The Kier molecular flexibility index (Phi) is 3.58. The summed E-state index contributed by atoms with van der Waals surface area (Å²) in [6.07, 6.45) is 3.29. The van der Waals surface area contributed by atoms with Gasteiger partial charge < -0.3 is 9.97 Å². The van der Waals surface area contributed by atoms with Crippen LogP contribution in [0.2, 0.25) is 0 Å². The molecule has 5 heteroatoms. The van der Waals surface area contributed by atoms with E-state index >= 15 is 0 Å². The Balaban J connectivity index is 1.86. The van der Waals surface area contributed by atoms with Crippen molar-refractivity contribution in [1.29, 1.82) is 0 Å². The number of ketones is 1. The van der Waals surface area contributed by atoms with Crippen LogP contribution in [-0.4, -0.2) is 15.8 Å². The molecule has 0 unspecified atom stereocenters. The highest BCUT2D eigenvalue weighted by molar-refractivity contribution is 9.10. The summed E-state index contributed by atoms with van der Waals surface area (Å²) in [6, 6.07) is 12.7. The van der Waals surface area contributed by atoms with Gasteiger partial charge in [0.05, 0.1) is 11.0 Å². The fourth-order valence-corrected chi connectivity index (χ4v) is 2.29. The summed E-state index contributed by atoms with van der Waals surface area (Å²) in [4.78, 5) is 28.6. The summed E-state index contributed by atoms with van der Waals surface area (Å²) in [6.45, 7) is 0. The average Bonchev–Trinajstić information content (AvgIpc) is 2.85. The Hall–Kier alpha value is -2.40. The van der Waals surface area contributed by atoms with Gasteiger partial charge in [0.15, 0.2) is 5.78 Å². The smallest absolute Gasteiger partial charge is 0.306 e. The molecule has 4 nitrogen and oxygen atoms in total. The van der Waals surface area contributed by atoms with Gasteiger partial charge in [0.25, 0.3) is 0 Å². The number of carbonyl (C=O) groups is 1. The van der Waals surface area contributed by atoms with Gasteiger partial charge in [-0.15, -0.1) is 0 Å². The van der Waals surface area contributed by atoms with Gasteiger partial charge in [0.2, 0.25) is 0 Å². The van der Waals surface area contributed by atoms with Crippen molar-refractivity contribution in [3.8, 4) is 0 Å². The number of nitrogens with one attached hydrogen (secondary N) is 2. The van der Waals surface area contributed by atoms with E-state index in [-0.39, 0.29) is 11.5 Å². The zero-order valence-corrected chi connectivity index (χ0v) is 12.5. The van der Waals surface area contributed by atoms with Gasteiger partial charge in [-0.1, -0.05) is 34.1 Å². The Labute approximate surface area is 128 Å². The second kappa shape index (κ2) is 5.54. The lowest BCUT2D eigenvalue weighted by Gasteiger charge is -1.97. The molecule has 2 aromatic carbocycles. The van der Waals surface area contributed by atoms with Crippen LogP contribution in [0, 0.1) is 0 Å². The van der Waals surface area contributed by atoms with Crippen LogP contribution >= 0.6 is 15.9 Å². The number of rotatable bonds is 3. The predicted molar refractivity (Wildman–Crippen MR) is 86.4 cm³/mol. The molecule has 3 aromatic rings. The first-order valence-corrected chi connectivity index (χ1v) is 7.11. The molecule has 21 heavy (non-hydrogen) atoms. The van der Waals surface area contributed by atoms with E-state index < -0.39 is 0 Å². The third kappa shape index (κ3) is 3.03. The van der Waals surface area contributed by atoms with Crippen molar-refractivity contribution < 1.29 is 4.79 Å². The third-order valence-electron chi connectivity index (χ3n) is 3.10. The Morgan fingerprint density at radius 3 is 2.48 bits per heavy atom. The Bertz CT molecular complexity index is 889. The van der Waals surface area contributed by atoms with Crippen LogP contribution in [0.25, 0.3) is 17.1 Å². The van der Waals surface area contributed by atoms with E-state index in [0.29, 0.717) is 16.6 Å². The molecule has 2 N–H and O–H groups in total. The van der Waals surface area contributed by atoms with Gasteiger partial charge in [0.1, 0.15) is 0 Å². The van der Waals surface area contributed by atoms with Gasteiger partial charge in [0, 0.05) is 10.0 Å². The van der Waals surface area contributed by atoms with Crippen LogP contribution in [0.4, 0.5) is 0 Å². The van der Waals surface area contributed by atoms with Crippen molar-refractivity contribution in [2.24, 2.45) is 0 Å². The SMILES string of the molecule is O=C(C=Cc1ccc(Br)cc1)c1ccc2[nH]c(=O)[nH]c2c1. The number of H-pyrrole nitrogens is 2. The average molecular weight is 343 g/mol. The van der Waals surface area contributed by atoms with Crippen LogP contribution in [-0.2, 0) is 0 Å². The second-order valence-corrected chi connectivity index (χ2v) is 5.50. The number of carbonyl (C=O) groups excluding carboxylic acids is 1. The number of allylic oxidation sites excluding steroid dienone is 1. The summed E-state index contributed by atoms with van der Waals surface area (Å²) in [5, 5.41) is 0. The van der Waals surface area contributed by atoms with Crippen LogP contribution in [0.1, 0.15) is 15.9 Å². The largest absolute Gasteiger partial charge is 0.323 e. The predicted octanol–water partition coefficient (Wildman–Crippen LogP) is 3.51. The molecule has 1 aromatic heterocycles. The number of hydrogen-bond acceptors (Lipinski definition) is 2. The summed E-state index contributed by atoms with van der Waals surface area (Å²) in [5.41, 5.74) is 2.52. The van der Waals surface area contributed by atoms with Crippen molar-refractivity contribution >= 4 is 38.8 Å². The summed E-state index contributed by atoms with van der Waals surface area (Å²) < 4.78 is 0.993. The van der Waals surface area contributed by atoms with Crippen molar-refractivity contribution in [2.45, 2.75) is 0 Å². The number of aromatic nitrogens is 2. The van der Waals surface area contributed by atoms with E-state index in [1.54, 1.807) is 24.3 Å². The molecule has 0 atom stereocenters. The second-order valence-electron chi connectivity index (χ2n) is 4.59. The molecule has 0 amide bonds. The maximum Gasteiger partial charge on any atom is 0.323 e. The van der Waals surface area contributed by atoms with E-state index in [4.69, 9.17) is 0 Å². The first-order chi connectivity index (χ1) is 10.1. The number of hydrogen-bond donors (Lipinski definition) is 2. The quantitative estimate of drug-likeness (QED) is 0.565. The summed E-state index contributed by atoms with van der Waals surface area (Å²) >= 11 is 3.36. The van der Waals surface area contributed by atoms with Crippen LogP contribution < -0.4 is 5.69 Å². The molecule has 0 bridgehead atoms. The minimum Gasteiger partial charge on any atom is -0.306 e. The maximum absolute atomic E-state index is 12.1. The van der Waals surface area contributed by atoms with E-state index in [9.17, 15) is 9.59 Å². The Morgan fingerprint density at radius 1 is 1.00 bits per heavy atom. The molecule has 104 valence electrons. The number of fused-ring (bicyclic) bond motifs is 1. The molecular weight excluding hydrogens is 332 g/mol. The minimum absolute atomic E-state index is 0.109. The Morgan fingerprint density at radius 2 is 1.71 bits per heavy atom. The van der Waals surface area contributed by atoms with Gasteiger partial charge in [-0.2, -0.15) is 0 Å². The molecule has 0 fully saturated rings. The van der Waals surface area contributed by atoms with E-state index in [1.807, 2.05) is 24.3 Å². The third-order valence-corrected chi connectivity index (χ3v) is 3.63. The van der Waals surface area contributed by atoms with Crippen LogP contribution in [0.3, 0.4) is 0 Å². The first-order valence-electron chi connectivity index (χ1n) is 6.32. The van der Waals surface area contributed by atoms with Crippen molar-refractivity contribution in [3.05, 3.63) is 74.6 Å². The summed E-state index contributed by atoms with van der Waals surface area (Å²) in [7, 11) is 0. The molecule has 0 aliphatic carbocycles. The fourth-order valence-electron chi connectivity index (χ4n) is 2.03. The van der Waals surface area contributed by atoms with E-state index in [0.717, 1.165) is 10.0 Å². The standard InChI is InChI=1S/C16H11BrN2O2/c17-12-5-1-10(2-6-12)3-8-15(20)11-4-7-13-14(9-11)19-16(21)18-13/h1-9H,(H2,18,19,21). The molecule has 0 saturated carbocycles. The minimum atomic E-state index is -0.278.